The average Bonchev–Trinajstić information content (AvgIpc) is 3.36. The lowest BCUT2D eigenvalue weighted by Gasteiger charge is -2.36. The number of carbonyl (C=O) groups is 1. The van der Waals surface area contributed by atoms with Gasteiger partial charge in [0.25, 0.3) is 0 Å². The molecule has 4 aromatic carbocycles. The van der Waals surface area contributed by atoms with E-state index in [-0.39, 0.29) is 5.56 Å². The quantitative estimate of drug-likeness (QED) is 0.146. The Bertz CT molecular complexity index is 1680. The van der Waals surface area contributed by atoms with E-state index in [1.807, 2.05) is 54.6 Å². The van der Waals surface area contributed by atoms with Crippen LogP contribution in [0.15, 0.2) is 97.1 Å². The molecule has 47 heavy (non-hydrogen) atoms. The minimum Gasteiger partial charge on any atom is -0.369 e. The van der Waals surface area contributed by atoms with Crippen LogP contribution in [0.4, 0.5) is 32.0 Å². The lowest BCUT2D eigenvalue weighted by molar-refractivity contribution is -0.141. The summed E-state index contributed by atoms with van der Waals surface area (Å²) in [6.45, 7) is 2.29. The molecule has 2 aliphatic rings. The molecule has 0 aromatic heterocycles. The lowest BCUT2D eigenvalue weighted by atomic mass is 9.73. The Morgan fingerprint density at radius 1 is 0.702 bits per heavy atom. The summed E-state index contributed by atoms with van der Waals surface area (Å²) in [6.07, 6.45) is -7.22. The standard InChI is InChI=1S/C37H35F6N3O/c38-36(39,40)25-44-34(47)35(31-15-4-2-13-29(31)30-14-3-5-16-32(30)35)18-7-8-19-45-20-22-46(23-21-45)27-11-9-10-26(24-27)28-12-1-6-17-33(28)37(41,42)43/h1-6,9-17,24H,7-8,18-23,25H2,(H,44,47). The van der Waals surface area contributed by atoms with Gasteiger partial charge in [0.05, 0.1) is 5.56 Å². The van der Waals surface area contributed by atoms with Gasteiger partial charge in [0.1, 0.15) is 12.0 Å². The summed E-state index contributed by atoms with van der Waals surface area (Å²) >= 11 is 0. The number of alkyl halides is 6. The molecule has 0 radical (unpaired) electrons. The van der Waals surface area contributed by atoms with Crippen LogP contribution in [0.5, 0.6) is 0 Å². The van der Waals surface area contributed by atoms with E-state index in [0.29, 0.717) is 31.5 Å². The molecule has 4 aromatic rings. The third kappa shape index (κ3) is 6.74. The molecule has 4 nitrogen and oxygen atoms in total. The van der Waals surface area contributed by atoms with Gasteiger partial charge in [0.2, 0.25) is 5.91 Å². The topological polar surface area (TPSA) is 35.6 Å². The van der Waals surface area contributed by atoms with E-state index in [0.717, 1.165) is 60.1 Å². The molecule has 246 valence electrons. The second kappa shape index (κ2) is 13.1. The zero-order valence-corrected chi connectivity index (χ0v) is 25.7. The van der Waals surface area contributed by atoms with Crippen molar-refractivity contribution in [1.29, 1.82) is 0 Å². The van der Waals surface area contributed by atoms with E-state index in [1.54, 1.807) is 24.3 Å². The number of halogens is 6. The molecule has 1 fully saturated rings. The van der Waals surface area contributed by atoms with Crippen LogP contribution >= 0.6 is 0 Å². The highest BCUT2D eigenvalue weighted by Crippen LogP contribution is 2.51. The maximum atomic E-state index is 13.7. The number of benzene rings is 4. The maximum absolute atomic E-state index is 13.7. The molecule has 1 heterocycles. The summed E-state index contributed by atoms with van der Waals surface area (Å²) in [5, 5.41) is 2.19. The number of rotatable bonds is 9. The number of carbonyl (C=O) groups excluding carboxylic acids is 1. The number of nitrogens with zero attached hydrogens (tertiary/aromatic N) is 2. The highest BCUT2D eigenvalue weighted by molar-refractivity contribution is 6.00. The molecule has 10 heteroatoms. The Labute approximate surface area is 270 Å². The van der Waals surface area contributed by atoms with E-state index in [1.165, 1.54) is 12.1 Å². The first-order valence-electron chi connectivity index (χ1n) is 15.8. The second-order valence-corrected chi connectivity index (χ2v) is 12.2. The number of unbranched alkanes of at least 4 members (excludes halogenated alkanes) is 1. The summed E-state index contributed by atoms with van der Waals surface area (Å²) in [6, 6.07) is 27.7. The van der Waals surface area contributed by atoms with E-state index < -0.39 is 35.8 Å². The van der Waals surface area contributed by atoms with Crippen LogP contribution in [0.1, 0.15) is 36.0 Å². The molecule has 0 atom stereocenters. The van der Waals surface area contributed by atoms with Crippen molar-refractivity contribution in [1.82, 2.24) is 10.2 Å². The lowest BCUT2D eigenvalue weighted by Crippen LogP contribution is -2.47. The summed E-state index contributed by atoms with van der Waals surface area (Å²) < 4.78 is 80.4. The van der Waals surface area contributed by atoms with E-state index in [2.05, 4.69) is 15.1 Å². The predicted octanol–water partition coefficient (Wildman–Crippen LogP) is 8.31. The number of piperazine rings is 1. The van der Waals surface area contributed by atoms with Gasteiger partial charge in [-0.1, -0.05) is 85.3 Å². The molecule has 6 rings (SSSR count). The van der Waals surface area contributed by atoms with Crippen molar-refractivity contribution in [2.45, 2.75) is 37.0 Å². The van der Waals surface area contributed by atoms with Gasteiger partial charge in [-0.25, -0.2) is 0 Å². The molecule has 1 N–H and O–H groups in total. The monoisotopic (exact) mass is 651 g/mol. The van der Waals surface area contributed by atoms with E-state index >= 15 is 0 Å². The number of anilines is 1. The van der Waals surface area contributed by atoms with Crippen molar-refractivity contribution >= 4 is 11.6 Å². The summed E-state index contributed by atoms with van der Waals surface area (Å²) in [5.74, 6) is -0.638. The fourth-order valence-corrected chi connectivity index (χ4v) is 7.09. The molecule has 1 aliphatic carbocycles. The Balaban J connectivity index is 1.10. The third-order valence-electron chi connectivity index (χ3n) is 9.30. The molecule has 1 saturated heterocycles. The normalized spacial score (nSPS) is 16.1. The minimum absolute atomic E-state index is 0.151. The molecule has 0 bridgehead atoms. The summed E-state index contributed by atoms with van der Waals surface area (Å²) in [7, 11) is 0. The van der Waals surface area contributed by atoms with Gasteiger partial charge in [-0.05, 0) is 71.0 Å². The second-order valence-electron chi connectivity index (χ2n) is 12.2. The molecular weight excluding hydrogens is 616 g/mol. The SMILES string of the molecule is O=C(NCC(F)(F)F)C1(CCCCN2CCN(c3cccc(-c4ccccc4C(F)(F)F)c3)CC2)c2ccccc2-c2ccccc21. The van der Waals surface area contributed by atoms with Crippen molar-refractivity contribution in [3.8, 4) is 22.3 Å². The van der Waals surface area contributed by atoms with Gasteiger partial charge in [-0.15, -0.1) is 0 Å². The van der Waals surface area contributed by atoms with E-state index in [9.17, 15) is 31.1 Å². The van der Waals surface area contributed by atoms with Gasteiger partial charge in [0, 0.05) is 31.9 Å². The number of amides is 1. The van der Waals surface area contributed by atoms with Crippen LogP contribution in [0.25, 0.3) is 22.3 Å². The summed E-state index contributed by atoms with van der Waals surface area (Å²) in [5.41, 5.74) is 2.85. The Kier molecular flexibility index (Phi) is 9.07. The largest absolute Gasteiger partial charge is 0.417 e. The van der Waals surface area contributed by atoms with Crippen molar-refractivity contribution < 1.29 is 31.1 Å². The maximum Gasteiger partial charge on any atom is 0.417 e. The molecular formula is C37H35F6N3O. The Morgan fingerprint density at radius 3 is 1.91 bits per heavy atom. The van der Waals surface area contributed by atoms with Crippen LogP contribution in [-0.4, -0.2) is 56.3 Å². The molecule has 1 amide bonds. The highest BCUT2D eigenvalue weighted by atomic mass is 19.4. The Hall–Kier alpha value is -4.31. The number of fused-ring (bicyclic) bond motifs is 3. The zero-order valence-electron chi connectivity index (χ0n) is 25.7. The fraction of sp³-hybridized carbons (Fsp3) is 0.324. The number of hydrogen-bond donors (Lipinski definition) is 1. The smallest absolute Gasteiger partial charge is 0.369 e. The van der Waals surface area contributed by atoms with Crippen molar-refractivity contribution in [3.63, 3.8) is 0 Å². The van der Waals surface area contributed by atoms with Gasteiger partial charge in [-0.3, -0.25) is 9.69 Å². The van der Waals surface area contributed by atoms with Crippen LogP contribution in [0, 0.1) is 0 Å². The number of hydrogen-bond acceptors (Lipinski definition) is 3. The fourth-order valence-electron chi connectivity index (χ4n) is 7.09. The van der Waals surface area contributed by atoms with Crippen LogP contribution in [-0.2, 0) is 16.4 Å². The predicted molar refractivity (Wildman–Crippen MR) is 171 cm³/mol. The Morgan fingerprint density at radius 2 is 1.30 bits per heavy atom. The third-order valence-corrected chi connectivity index (χ3v) is 9.30. The van der Waals surface area contributed by atoms with Gasteiger partial charge >= 0.3 is 12.4 Å². The molecule has 0 spiro atoms. The van der Waals surface area contributed by atoms with Crippen LogP contribution in [0.3, 0.4) is 0 Å². The highest BCUT2D eigenvalue weighted by Gasteiger charge is 2.49. The molecule has 1 aliphatic heterocycles. The van der Waals surface area contributed by atoms with Crippen molar-refractivity contribution in [2.75, 3.05) is 44.2 Å². The minimum atomic E-state index is -4.52. The first-order valence-corrected chi connectivity index (χ1v) is 15.8. The van der Waals surface area contributed by atoms with Gasteiger partial charge in [-0.2, -0.15) is 26.3 Å². The first-order chi connectivity index (χ1) is 22.5. The van der Waals surface area contributed by atoms with Gasteiger partial charge in [0.15, 0.2) is 0 Å². The van der Waals surface area contributed by atoms with Crippen LogP contribution < -0.4 is 10.2 Å². The van der Waals surface area contributed by atoms with Crippen molar-refractivity contribution in [2.24, 2.45) is 0 Å². The average molecular weight is 652 g/mol. The molecule has 0 saturated carbocycles. The summed E-state index contributed by atoms with van der Waals surface area (Å²) in [4.78, 5) is 18.2. The zero-order chi connectivity index (χ0) is 33.2. The molecule has 0 unspecified atom stereocenters. The van der Waals surface area contributed by atoms with Gasteiger partial charge < -0.3 is 10.2 Å². The van der Waals surface area contributed by atoms with E-state index in [4.69, 9.17) is 0 Å². The number of nitrogens with one attached hydrogen (secondary N) is 1. The first kappa shape index (κ1) is 32.6. The van der Waals surface area contributed by atoms with Crippen molar-refractivity contribution in [3.05, 3.63) is 114 Å². The van der Waals surface area contributed by atoms with Crippen LogP contribution in [0.2, 0.25) is 0 Å².